The molecular weight excluding hydrogens is 276 g/mol. The lowest BCUT2D eigenvalue weighted by molar-refractivity contribution is 0.0525. The molecular formula is C14H22N2O3S. The molecule has 0 saturated heterocycles. The second-order valence-electron chi connectivity index (χ2n) is 5.25. The Balaban J connectivity index is 2.02. The van der Waals surface area contributed by atoms with Gasteiger partial charge in [0.2, 0.25) is 0 Å². The molecule has 0 N–H and O–H groups in total. The van der Waals surface area contributed by atoms with Gasteiger partial charge in [-0.1, -0.05) is 12.8 Å². The summed E-state index contributed by atoms with van der Waals surface area (Å²) in [6.07, 6.45) is 6.37. The zero-order chi connectivity index (χ0) is 14.5. The Morgan fingerprint density at radius 2 is 2.20 bits per heavy atom. The van der Waals surface area contributed by atoms with Crippen LogP contribution >= 0.6 is 0 Å². The third-order valence-electron chi connectivity index (χ3n) is 3.75. The molecule has 1 aromatic rings. The quantitative estimate of drug-likeness (QED) is 0.754. The Morgan fingerprint density at radius 1 is 1.50 bits per heavy atom. The fourth-order valence-corrected chi connectivity index (χ4v) is 4.29. The molecule has 20 heavy (non-hydrogen) atoms. The van der Waals surface area contributed by atoms with Crippen molar-refractivity contribution >= 4 is 16.8 Å². The predicted octanol–water partition coefficient (Wildman–Crippen LogP) is 2.04. The first kappa shape index (κ1) is 15.2. The average molecular weight is 298 g/mol. The summed E-state index contributed by atoms with van der Waals surface area (Å²) in [4.78, 5) is 11.8. The van der Waals surface area contributed by atoms with Crippen molar-refractivity contribution in [1.29, 1.82) is 0 Å². The number of nitrogens with zero attached hydrogens (tertiary/aromatic N) is 2. The largest absolute Gasteiger partial charge is 0.462 e. The summed E-state index contributed by atoms with van der Waals surface area (Å²) in [5, 5.41) is 4.09. The first-order chi connectivity index (χ1) is 9.61. The summed E-state index contributed by atoms with van der Waals surface area (Å²) in [6, 6.07) is 0. The van der Waals surface area contributed by atoms with Gasteiger partial charge in [0, 0.05) is 23.6 Å². The minimum absolute atomic E-state index is 0.332. The number of hydrogen-bond donors (Lipinski definition) is 0. The van der Waals surface area contributed by atoms with Crippen LogP contribution in [0.2, 0.25) is 0 Å². The van der Waals surface area contributed by atoms with E-state index in [1.807, 2.05) is 0 Å². The number of esters is 1. The molecule has 6 heteroatoms. The molecule has 1 aliphatic carbocycles. The Morgan fingerprint density at radius 3 is 2.85 bits per heavy atom. The van der Waals surface area contributed by atoms with Gasteiger partial charge in [-0.15, -0.1) is 0 Å². The third-order valence-corrected chi connectivity index (χ3v) is 5.19. The van der Waals surface area contributed by atoms with Crippen LogP contribution in [-0.2, 0) is 28.3 Å². The van der Waals surface area contributed by atoms with E-state index in [0.29, 0.717) is 29.5 Å². The number of aryl methyl sites for hydroxylation is 1. The van der Waals surface area contributed by atoms with E-state index in [1.54, 1.807) is 18.7 Å². The molecule has 0 bridgehead atoms. The van der Waals surface area contributed by atoms with E-state index in [-0.39, 0.29) is 5.97 Å². The van der Waals surface area contributed by atoms with Crippen molar-refractivity contribution in [3.63, 3.8) is 0 Å². The maximum atomic E-state index is 12.3. The molecule has 1 heterocycles. The molecule has 5 nitrogen and oxygen atoms in total. The molecule has 1 aliphatic rings. The number of aromatic nitrogens is 2. The lowest BCUT2D eigenvalue weighted by Gasteiger charge is -2.10. The monoisotopic (exact) mass is 298 g/mol. The van der Waals surface area contributed by atoms with Crippen LogP contribution in [0, 0.1) is 5.92 Å². The van der Waals surface area contributed by atoms with Gasteiger partial charge >= 0.3 is 5.97 Å². The Kier molecular flexibility index (Phi) is 5.34. The normalized spacial score (nSPS) is 17.3. The van der Waals surface area contributed by atoms with E-state index in [2.05, 4.69) is 5.10 Å². The summed E-state index contributed by atoms with van der Waals surface area (Å²) in [5.74, 6) is 1.30. The molecule has 112 valence electrons. The SMILES string of the molecule is CCOC(=O)c1cnn(C)c1CS(=O)CC1CCCC1. The van der Waals surface area contributed by atoms with Crippen LogP contribution in [0.5, 0.6) is 0 Å². The smallest absolute Gasteiger partial charge is 0.341 e. The van der Waals surface area contributed by atoms with E-state index < -0.39 is 10.8 Å². The number of ether oxygens (including phenoxy) is 1. The number of hydrogen-bond acceptors (Lipinski definition) is 4. The average Bonchev–Trinajstić information content (AvgIpc) is 3.01. The minimum Gasteiger partial charge on any atom is -0.462 e. The van der Waals surface area contributed by atoms with Crippen LogP contribution < -0.4 is 0 Å². The summed E-state index contributed by atoms with van der Waals surface area (Å²) in [7, 11) is 0.820. The molecule has 1 fully saturated rings. The molecule has 0 aromatic carbocycles. The summed E-state index contributed by atoms with van der Waals surface area (Å²) in [6.45, 7) is 2.10. The minimum atomic E-state index is -0.949. The van der Waals surface area contributed by atoms with Crippen molar-refractivity contribution in [3.05, 3.63) is 17.5 Å². The molecule has 1 saturated carbocycles. The Bertz CT molecular complexity index is 493. The molecule has 1 atom stereocenters. The maximum absolute atomic E-state index is 12.3. The second kappa shape index (κ2) is 7.02. The summed E-state index contributed by atoms with van der Waals surface area (Å²) >= 11 is 0. The lowest BCUT2D eigenvalue weighted by atomic mass is 10.1. The topological polar surface area (TPSA) is 61.2 Å². The highest BCUT2D eigenvalue weighted by Crippen LogP contribution is 2.26. The van der Waals surface area contributed by atoms with Crippen molar-refractivity contribution in [3.8, 4) is 0 Å². The molecule has 0 aliphatic heterocycles. The van der Waals surface area contributed by atoms with Gasteiger partial charge in [-0.05, 0) is 25.7 Å². The van der Waals surface area contributed by atoms with E-state index in [0.717, 1.165) is 5.75 Å². The van der Waals surface area contributed by atoms with Crippen LogP contribution in [0.25, 0.3) is 0 Å². The molecule has 0 radical (unpaired) electrons. The van der Waals surface area contributed by atoms with Crippen LogP contribution in [0.3, 0.4) is 0 Å². The number of rotatable bonds is 6. The highest BCUT2D eigenvalue weighted by Gasteiger charge is 2.22. The first-order valence-corrected chi connectivity index (χ1v) is 8.63. The van der Waals surface area contributed by atoms with E-state index >= 15 is 0 Å². The lowest BCUT2D eigenvalue weighted by Crippen LogP contribution is -2.14. The van der Waals surface area contributed by atoms with Crippen molar-refractivity contribution in [2.45, 2.75) is 38.4 Å². The van der Waals surface area contributed by atoms with Crippen LogP contribution in [-0.4, -0.2) is 32.3 Å². The number of carbonyl (C=O) groups is 1. The van der Waals surface area contributed by atoms with Gasteiger partial charge in [-0.25, -0.2) is 4.79 Å². The van der Waals surface area contributed by atoms with Crippen LogP contribution in [0.1, 0.15) is 48.7 Å². The molecule has 2 rings (SSSR count). The predicted molar refractivity (Wildman–Crippen MR) is 77.8 cm³/mol. The first-order valence-electron chi connectivity index (χ1n) is 7.14. The molecule has 1 unspecified atom stereocenters. The van der Waals surface area contributed by atoms with E-state index in [1.165, 1.54) is 31.9 Å². The van der Waals surface area contributed by atoms with Crippen LogP contribution in [0.4, 0.5) is 0 Å². The van der Waals surface area contributed by atoms with Gasteiger partial charge < -0.3 is 4.74 Å². The number of carbonyl (C=O) groups excluding carboxylic acids is 1. The van der Waals surface area contributed by atoms with Crippen molar-refractivity contribution in [2.75, 3.05) is 12.4 Å². The van der Waals surface area contributed by atoms with E-state index in [9.17, 15) is 9.00 Å². The molecule has 0 amide bonds. The van der Waals surface area contributed by atoms with Gasteiger partial charge in [0.05, 0.1) is 24.3 Å². The fraction of sp³-hybridized carbons (Fsp3) is 0.714. The molecule has 1 aromatic heterocycles. The third kappa shape index (κ3) is 3.69. The zero-order valence-corrected chi connectivity index (χ0v) is 12.9. The highest BCUT2D eigenvalue weighted by molar-refractivity contribution is 7.84. The zero-order valence-electron chi connectivity index (χ0n) is 12.1. The van der Waals surface area contributed by atoms with Crippen molar-refractivity contribution < 1.29 is 13.7 Å². The second-order valence-corrected chi connectivity index (χ2v) is 6.75. The van der Waals surface area contributed by atoms with Gasteiger partial charge in [-0.3, -0.25) is 8.89 Å². The van der Waals surface area contributed by atoms with Gasteiger partial charge in [0.1, 0.15) is 5.56 Å². The van der Waals surface area contributed by atoms with Gasteiger partial charge in [0.15, 0.2) is 0 Å². The molecule has 0 spiro atoms. The fourth-order valence-electron chi connectivity index (χ4n) is 2.66. The van der Waals surface area contributed by atoms with Crippen molar-refractivity contribution in [2.24, 2.45) is 13.0 Å². The highest BCUT2D eigenvalue weighted by atomic mass is 32.2. The van der Waals surface area contributed by atoms with Crippen molar-refractivity contribution in [1.82, 2.24) is 9.78 Å². The standard InChI is InChI=1S/C14H22N2O3S/c1-3-19-14(17)12-8-15-16(2)13(12)10-20(18)9-11-6-4-5-7-11/h8,11H,3-7,9-10H2,1-2H3. The van der Waals surface area contributed by atoms with E-state index in [4.69, 9.17) is 4.74 Å². The summed E-state index contributed by atoms with van der Waals surface area (Å²) in [5.41, 5.74) is 1.15. The van der Waals surface area contributed by atoms with Crippen LogP contribution in [0.15, 0.2) is 6.20 Å². The Labute approximate surface area is 122 Å². The summed E-state index contributed by atoms with van der Waals surface area (Å²) < 4.78 is 18.9. The Hall–Kier alpha value is -1.17. The van der Waals surface area contributed by atoms with Gasteiger partial charge in [-0.2, -0.15) is 5.10 Å². The maximum Gasteiger partial charge on any atom is 0.341 e. The van der Waals surface area contributed by atoms with Gasteiger partial charge in [0.25, 0.3) is 0 Å².